The molecule has 0 fully saturated rings. The zero-order chi connectivity index (χ0) is 12.7. The number of para-hydroxylation sites is 1. The molecule has 4 heteroatoms. The molecule has 0 aliphatic rings. The van der Waals surface area contributed by atoms with Gasteiger partial charge in [0, 0.05) is 10.4 Å². The highest BCUT2D eigenvalue weighted by atomic mass is 35.5. The quantitative estimate of drug-likeness (QED) is 0.695. The van der Waals surface area contributed by atoms with Crippen molar-refractivity contribution < 1.29 is 13.9 Å². The van der Waals surface area contributed by atoms with Crippen LogP contribution in [-0.2, 0) is 0 Å². The number of rotatable bonds is 1. The van der Waals surface area contributed by atoms with Gasteiger partial charge in [0.25, 0.3) is 0 Å². The van der Waals surface area contributed by atoms with Crippen molar-refractivity contribution in [3.05, 3.63) is 53.3 Å². The van der Waals surface area contributed by atoms with Crippen molar-refractivity contribution in [1.29, 1.82) is 0 Å². The Morgan fingerprint density at radius 3 is 2.72 bits per heavy atom. The van der Waals surface area contributed by atoms with Crippen molar-refractivity contribution in [3.8, 4) is 17.1 Å². The van der Waals surface area contributed by atoms with E-state index in [1.807, 2.05) is 0 Å². The maximum atomic E-state index is 13.5. The highest BCUT2D eigenvalue weighted by Gasteiger charge is 2.12. The fourth-order valence-corrected chi connectivity index (χ4v) is 2.04. The molecule has 90 valence electrons. The van der Waals surface area contributed by atoms with E-state index in [0.29, 0.717) is 21.7 Å². The SMILES string of the molecule is Oc1ccc(Cl)cc1-c1cc2cccc(F)c2o1. The van der Waals surface area contributed by atoms with Gasteiger partial charge in [-0.25, -0.2) is 4.39 Å². The summed E-state index contributed by atoms with van der Waals surface area (Å²) in [6.45, 7) is 0. The molecule has 1 aromatic heterocycles. The maximum absolute atomic E-state index is 13.5. The highest BCUT2D eigenvalue weighted by Crippen LogP contribution is 2.35. The monoisotopic (exact) mass is 262 g/mol. The summed E-state index contributed by atoms with van der Waals surface area (Å²) in [4.78, 5) is 0. The second-order valence-electron chi connectivity index (χ2n) is 3.93. The van der Waals surface area contributed by atoms with E-state index in [9.17, 15) is 9.50 Å². The zero-order valence-electron chi connectivity index (χ0n) is 9.15. The van der Waals surface area contributed by atoms with Crippen LogP contribution in [0.5, 0.6) is 5.75 Å². The molecule has 0 bridgehead atoms. The summed E-state index contributed by atoms with van der Waals surface area (Å²) in [5.41, 5.74) is 0.616. The zero-order valence-corrected chi connectivity index (χ0v) is 9.91. The van der Waals surface area contributed by atoms with E-state index in [0.717, 1.165) is 0 Å². The van der Waals surface area contributed by atoms with Gasteiger partial charge in [-0.1, -0.05) is 23.7 Å². The van der Waals surface area contributed by atoms with E-state index >= 15 is 0 Å². The van der Waals surface area contributed by atoms with Crippen molar-refractivity contribution in [2.24, 2.45) is 0 Å². The summed E-state index contributed by atoms with van der Waals surface area (Å²) in [5.74, 6) is -0.00534. The van der Waals surface area contributed by atoms with Crippen molar-refractivity contribution >= 4 is 22.6 Å². The molecule has 3 aromatic rings. The lowest BCUT2D eigenvalue weighted by atomic mass is 10.1. The maximum Gasteiger partial charge on any atom is 0.170 e. The summed E-state index contributed by atoms with van der Waals surface area (Å²) < 4.78 is 18.9. The second kappa shape index (κ2) is 4.03. The Hall–Kier alpha value is -2.00. The summed E-state index contributed by atoms with van der Waals surface area (Å²) in [6.07, 6.45) is 0. The number of phenols is 1. The smallest absolute Gasteiger partial charge is 0.170 e. The van der Waals surface area contributed by atoms with Gasteiger partial charge >= 0.3 is 0 Å². The molecule has 2 nitrogen and oxygen atoms in total. The molecular formula is C14H8ClFO2. The fourth-order valence-electron chi connectivity index (χ4n) is 1.87. The molecule has 0 amide bonds. The molecule has 1 N–H and O–H groups in total. The summed E-state index contributed by atoms with van der Waals surface area (Å²) in [5, 5.41) is 10.9. The van der Waals surface area contributed by atoms with Crippen LogP contribution in [0.2, 0.25) is 5.02 Å². The first-order valence-electron chi connectivity index (χ1n) is 5.32. The highest BCUT2D eigenvalue weighted by molar-refractivity contribution is 6.30. The minimum Gasteiger partial charge on any atom is -0.507 e. The number of hydrogen-bond donors (Lipinski definition) is 1. The third kappa shape index (κ3) is 1.73. The van der Waals surface area contributed by atoms with Crippen LogP contribution >= 0.6 is 11.6 Å². The van der Waals surface area contributed by atoms with Gasteiger partial charge in [0.2, 0.25) is 0 Å². The lowest BCUT2D eigenvalue weighted by molar-refractivity contribution is 0.474. The van der Waals surface area contributed by atoms with Crippen LogP contribution in [0.4, 0.5) is 4.39 Å². The number of halogens is 2. The first-order valence-corrected chi connectivity index (χ1v) is 5.70. The van der Waals surface area contributed by atoms with Crippen LogP contribution in [0.15, 0.2) is 46.9 Å². The predicted octanol–water partition coefficient (Wildman–Crippen LogP) is 4.60. The van der Waals surface area contributed by atoms with Crippen molar-refractivity contribution in [3.63, 3.8) is 0 Å². The lowest BCUT2D eigenvalue weighted by Crippen LogP contribution is -1.75. The third-order valence-electron chi connectivity index (χ3n) is 2.72. The van der Waals surface area contributed by atoms with E-state index in [4.69, 9.17) is 16.0 Å². The minimum absolute atomic E-state index is 0.0406. The van der Waals surface area contributed by atoms with E-state index in [1.54, 1.807) is 30.3 Å². The molecule has 0 unspecified atom stereocenters. The number of benzene rings is 2. The van der Waals surface area contributed by atoms with E-state index < -0.39 is 5.82 Å². The van der Waals surface area contributed by atoms with Gasteiger partial charge in [-0.05, 0) is 30.3 Å². The Labute approximate surface area is 107 Å². The average Bonchev–Trinajstić information content (AvgIpc) is 2.77. The van der Waals surface area contributed by atoms with Gasteiger partial charge in [-0.3, -0.25) is 0 Å². The van der Waals surface area contributed by atoms with Crippen molar-refractivity contribution in [2.75, 3.05) is 0 Å². The largest absolute Gasteiger partial charge is 0.507 e. The number of aromatic hydroxyl groups is 1. The van der Waals surface area contributed by atoms with Crippen molar-refractivity contribution in [1.82, 2.24) is 0 Å². The van der Waals surface area contributed by atoms with E-state index in [1.165, 1.54) is 12.1 Å². The van der Waals surface area contributed by atoms with Gasteiger partial charge in [0.15, 0.2) is 11.4 Å². The normalized spacial score (nSPS) is 11.0. The molecule has 3 rings (SSSR count). The van der Waals surface area contributed by atoms with Gasteiger partial charge in [-0.15, -0.1) is 0 Å². The van der Waals surface area contributed by atoms with Crippen LogP contribution in [0.25, 0.3) is 22.3 Å². The number of fused-ring (bicyclic) bond motifs is 1. The Morgan fingerprint density at radius 1 is 1.11 bits per heavy atom. The van der Waals surface area contributed by atoms with Crippen LogP contribution in [-0.4, -0.2) is 5.11 Å². The number of furan rings is 1. The Morgan fingerprint density at radius 2 is 1.94 bits per heavy atom. The minimum atomic E-state index is -0.430. The molecular weight excluding hydrogens is 255 g/mol. The third-order valence-corrected chi connectivity index (χ3v) is 2.96. The molecule has 0 radical (unpaired) electrons. The standard InChI is InChI=1S/C14H8ClFO2/c15-9-4-5-12(17)10(7-9)13-6-8-2-1-3-11(16)14(8)18-13/h1-7,17H. The topological polar surface area (TPSA) is 33.4 Å². The fraction of sp³-hybridized carbons (Fsp3) is 0. The lowest BCUT2D eigenvalue weighted by Gasteiger charge is -2.01. The first kappa shape index (κ1) is 11.1. The molecule has 0 saturated carbocycles. The van der Waals surface area contributed by atoms with Crippen molar-refractivity contribution in [2.45, 2.75) is 0 Å². The van der Waals surface area contributed by atoms with E-state index in [-0.39, 0.29) is 11.3 Å². The molecule has 0 spiro atoms. The Kier molecular flexibility index (Phi) is 2.49. The van der Waals surface area contributed by atoms with Gasteiger partial charge in [-0.2, -0.15) is 0 Å². The van der Waals surface area contributed by atoms with E-state index in [2.05, 4.69) is 0 Å². The Bertz CT molecular complexity index is 734. The van der Waals surface area contributed by atoms with Gasteiger partial charge < -0.3 is 9.52 Å². The van der Waals surface area contributed by atoms with Gasteiger partial charge in [0.1, 0.15) is 11.5 Å². The summed E-state index contributed by atoms with van der Waals surface area (Å²) in [6, 6.07) is 11.0. The summed E-state index contributed by atoms with van der Waals surface area (Å²) >= 11 is 5.87. The first-order chi connectivity index (χ1) is 8.65. The molecule has 0 aliphatic carbocycles. The second-order valence-corrected chi connectivity index (χ2v) is 4.37. The van der Waals surface area contributed by atoms with Crippen LogP contribution in [0, 0.1) is 5.82 Å². The number of phenolic OH excluding ortho intramolecular Hbond substituents is 1. The van der Waals surface area contributed by atoms with Crippen LogP contribution in [0.1, 0.15) is 0 Å². The molecule has 0 atom stereocenters. The average molecular weight is 263 g/mol. The molecule has 1 heterocycles. The number of hydrogen-bond acceptors (Lipinski definition) is 2. The van der Waals surface area contributed by atoms with Crippen LogP contribution < -0.4 is 0 Å². The van der Waals surface area contributed by atoms with Crippen LogP contribution in [0.3, 0.4) is 0 Å². The Balaban J connectivity index is 2.26. The molecule has 2 aromatic carbocycles. The van der Waals surface area contributed by atoms with Gasteiger partial charge in [0.05, 0.1) is 5.56 Å². The molecule has 0 saturated heterocycles. The predicted molar refractivity (Wildman–Crippen MR) is 68.3 cm³/mol. The molecule has 0 aliphatic heterocycles. The molecule has 18 heavy (non-hydrogen) atoms. The summed E-state index contributed by atoms with van der Waals surface area (Å²) in [7, 11) is 0.